The third-order valence-electron chi connectivity index (χ3n) is 4.99. The van der Waals surface area contributed by atoms with Gasteiger partial charge in [-0.25, -0.2) is 13.1 Å². The molecule has 1 unspecified atom stereocenters. The van der Waals surface area contributed by atoms with E-state index in [2.05, 4.69) is 5.10 Å². The van der Waals surface area contributed by atoms with Crippen LogP contribution in [0.3, 0.4) is 0 Å². The Balaban J connectivity index is 1.89. The van der Waals surface area contributed by atoms with Crippen LogP contribution in [0.5, 0.6) is 5.75 Å². The summed E-state index contributed by atoms with van der Waals surface area (Å²) in [6, 6.07) is 5.22. The second-order valence-corrected chi connectivity index (χ2v) is 9.79. The number of methoxy groups -OCH3 is 1. The molecule has 1 aliphatic rings. The van der Waals surface area contributed by atoms with E-state index in [1.165, 1.54) is 12.0 Å². The van der Waals surface area contributed by atoms with E-state index >= 15 is 0 Å². The highest BCUT2D eigenvalue weighted by molar-refractivity contribution is 7.90. The number of aldehydes is 1. The molecule has 0 saturated carbocycles. The predicted molar refractivity (Wildman–Crippen MR) is 112 cm³/mol. The molecule has 1 aromatic carbocycles. The molecular weight excluding hydrogens is 496 g/mol. The zero-order chi connectivity index (χ0) is 23.8. The van der Waals surface area contributed by atoms with E-state index in [1.54, 1.807) is 18.2 Å². The van der Waals surface area contributed by atoms with E-state index in [9.17, 15) is 26.4 Å². The van der Waals surface area contributed by atoms with Crippen LogP contribution in [0.2, 0.25) is 10.0 Å². The number of rotatable bonds is 6. The molecule has 1 fully saturated rings. The first-order valence-corrected chi connectivity index (χ1v) is 11.9. The van der Waals surface area contributed by atoms with Gasteiger partial charge in [0.2, 0.25) is 0 Å². The summed E-state index contributed by atoms with van der Waals surface area (Å²) in [6.45, 7) is 1.31. The maximum absolute atomic E-state index is 13.3. The van der Waals surface area contributed by atoms with Gasteiger partial charge in [-0.15, -0.1) is 0 Å². The van der Waals surface area contributed by atoms with Gasteiger partial charge >= 0.3 is 6.18 Å². The van der Waals surface area contributed by atoms with Crippen molar-refractivity contribution < 1.29 is 31.1 Å². The zero-order valence-electron chi connectivity index (χ0n) is 16.9. The molecule has 0 N–H and O–H groups in total. The van der Waals surface area contributed by atoms with Crippen molar-refractivity contribution in [3.8, 4) is 5.75 Å². The smallest absolute Gasteiger partial charge is 0.436 e. The SMILES string of the molecule is COc1cc(N2CCN(C(C=O)n3nc(C(F)(F)F)c(Cl)c3S(C)(=O)=O)CC2)ccc1Cl. The van der Waals surface area contributed by atoms with Crippen LogP contribution < -0.4 is 9.64 Å². The van der Waals surface area contributed by atoms with Gasteiger partial charge in [0.25, 0.3) is 0 Å². The van der Waals surface area contributed by atoms with Crippen LogP contribution >= 0.6 is 23.2 Å². The van der Waals surface area contributed by atoms with Gasteiger partial charge in [0.15, 0.2) is 33.0 Å². The van der Waals surface area contributed by atoms with Crippen molar-refractivity contribution in [2.24, 2.45) is 0 Å². The van der Waals surface area contributed by atoms with Crippen LogP contribution in [0.25, 0.3) is 0 Å². The van der Waals surface area contributed by atoms with E-state index in [-0.39, 0.29) is 13.1 Å². The van der Waals surface area contributed by atoms with Gasteiger partial charge in [-0.05, 0) is 12.1 Å². The molecule has 3 rings (SSSR count). The third-order valence-corrected chi connectivity index (χ3v) is 6.87. The van der Waals surface area contributed by atoms with Crippen LogP contribution in [-0.4, -0.2) is 68.9 Å². The Hall–Kier alpha value is -2.02. The second kappa shape index (κ2) is 9.08. The lowest BCUT2D eigenvalue weighted by Gasteiger charge is -2.38. The fourth-order valence-corrected chi connectivity index (χ4v) is 5.24. The Bertz CT molecular complexity index is 1120. The van der Waals surface area contributed by atoms with E-state index in [0.717, 1.165) is 5.69 Å². The van der Waals surface area contributed by atoms with Gasteiger partial charge in [0, 0.05) is 44.2 Å². The van der Waals surface area contributed by atoms with Gasteiger partial charge in [0.05, 0.1) is 12.1 Å². The lowest BCUT2D eigenvalue weighted by atomic mass is 10.2. The first-order chi connectivity index (χ1) is 14.9. The summed E-state index contributed by atoms with van der Waals surface area (Å²) in [5.41, 5.74) is -0.745. The molecule has 1 aliphatic heterocycles. The number of piperazine rings is 1. The lowest BCUT2D eigenvalue weighted by Crippen LogP contribution is -2.49. The fraction of sp³-hybridized carbons (Fsp3) is 0.444. The quantitative estimate of drug-likeness (QED) is 0.547. The Kier molecular flexibility index (Phi) is 6.99. The molecule has 32 heavy (non-hydrogen) atoms. The summed E-state index contributed by atoms with van der Waals surface area (Å²) in [5.74, 6) is 0.487. The molecular formula is C18H19Cl2F3N4O4S. The molecule has 0 amide bonds. The number of hydrogen-bond acceptors (Lipinski definition) is 7. The van der Waals surface area contributed by atoms with Crippen LogP contribution in [0.1, 0.15) is 11.9 Å². The van der Waals surface area contributed by atoms with Gasteiger partial charge in [-0.3, -0.25) is 9.69 Å². The first-order valence-electron chi connectivity index (χ1n) is 9.21. The predicted octanol–water partition coefficient (Wildman–Crippen LogP) is 3.14. The van der Waals surface area contributed by atoms with Crippen molar-refractivity contribution in [2.75, 3.05) is 44.4 Å². The van der Waals surface area contributed by atoms with Gasteiger partial charge in [-0.1, -0.05) is 23.2 Å². The fourth-order valence-electron chi connectivity index (χ4n) is 3.48. The van der Waals surface area contributed by atoms with Gasteiger partial charge in [0.1, 0.15) is 10.8 Å². The minimum atomic E-state index is -4.98. The normalized spacial score (nSPS) is 16.8. The number of anilines is 1. The Morgan fingerprint density at radius 3 is 2.31 bits per heavy atom. The number of carbonyl (C=O) groups excluding carboxylic acids is 1. The molecule has 1 aromatic heterocycles. The molecule has 0 spiro atoms. The van der Waals surface area contributed by atoms with Crippen molar-refractivity contribution in [1.29, 1.82) is 0 Å². The van der Waals surface area contributed by atoms with E-state index in [0.29, 0.717) is 41.1 Å². The summed E-state index contributed by atoms with van der Waals surface area (Å²) in [5, 5.41) is 1.90. The highest BCUT2D eigenvalue weighted by atomic mass is 35.5. The number of nitrogens with zero attached hydrogens (tertiary/aromatic N) is 4. The summed E-state index contributed by atoms with van der Waals surface area (Å²) in [7, 11) is -2.73. The highest BCUT2D eigenvalue weighted by Gasteiger charge is 2.42. The average molecular weight is 515 g/mol. The van der Waals surface area contributed by atoms with E-state index in [1.807, 2.05) is 4.90 Å². The topological polar surface area (TPSA) is 84.7 Å². The lowest BCUT2D eigenvalue weighted by molar-refractivity contribution is -0.142. The minimum absolute atomic E-state index is 0.246. The van der Waals surface area contributed by atoms with E-state index < -0.39 is 37.9 Å². The van der Waals surface area contributed by atoms with Crippen molar-refractivity contribution in [1.82, 2.24) is 14.7 Å². The molecule has 0 aliphatic carbocycles. The monoisotopic (exact) mass is 514 g/mol. The number of ether oxygens (including phenoxy) is 1. The Labute approximate surface area is 192 Å². The second-order valence-electron chi connectivity index (χ2n) is 7.07. The minimum Gasteiger partial charge on any atom is -0.495 e. The maximum atomic E-state index is 13.3. The summed E-state index contributed by atoms with van der Waals surface area (Å²) in [6.07, 6.45) is -5.31. The summed E-state index contributed by atoms with van der Waals surface area (Å²) >= 11 is 11.8. The number of hydrogen-bond donors (Lipinski definition) is 0. The number of alkyl halides is 3. The summed E-state index contributed by atoms with van der Waals surface area (Å²) in [4.78, 5) is 15.4. The maximum Gasteiger partial charge on any atom is 0.436 e. The number of halogens is 5. The Morgan fingerprint density at radius 2 is 1.81 bits per heavy atom. The average Bonchev–Trinajstić information content (AvgIpc) is 3.07. The molecule has 0 radical (unpaired) electrons. The Morgan fingerprint density at radius 1 is 1.19 bits per heavy atom. The van der Waals surface area contributed by atoms with Crippen molar-refractivity contribution >= 4 is 45.0 Å². The van der Waals surface area contributed by atoms with Crippen LogP contribution in [0.15, 0.2) is 23.2 Å². The molecule has 1 saturated heterocycles. The molecule has 14 heteroatoms. The van der Waals surface area contributed by atoms with Gasteiger partial charge < -0.3 is 9.64 Å². The van der Waals surface area contributed by atoms with E-state index in [4.69, 9.17) is 27.9 Å². The largest absolute Gasteiger partial charge is 0.495 e. The van der Waals surface area contributed by atoms with Crippen LogP contribution in [0.4, 0.5) is 18.9 Å². The zero-order valence-corrected chi connectivity index (χ0v) is 19.3. The van der Waals surface area contributed by atoms with Gasteiger partial charge in [-0.2, -0.15) is 18.3 Å². The van der Waals surface area contributed by atoms with Crippen molar-refractivity contribution in [2.45, 2.75) is 17.4 Å². The number of carbonyl (C=O) groups is 1. The van der Waals surface area contributed by atoms with Crippen molar-refractivity contribution in [3.63, 3.8) is 0 Å². The number of sulfone groups is 1. The molecule has 8 nitrogen and oxygen atoms in total. The first kappa shape index (κ1) is 24.6. The molecule has 1 atom stereocenters. The van der Waals surface area contributed by atoms with Crippen LogP contribution in [0, 0.1) is 0 Å². The summed E-state index contributed by atoms with van der Waals surface area (Å²) < 4.78 is 69.9. The number of aromatic nitrogens is 2. The molecule has 176 valence electrons. The molecule has 2 heterocycles. The van der Waals surface area contributed by atoms with Crippen LogP contribution in [-0.2, 0) is 20.8 Å². The molecule has 2 aromatic rings. The highest BCUT2D eigenvalue weighted by Crippen LogP contribution is 2.38. The number of benzene rings is 1. The standard InChI is InChI=1S/C18H19Cl2F3N4O4S/c1-31-13-9-11(3-4-12(13)19)25-5-7-26(8-6-25)14(10-28)27-17(32(2,29)30)15(20)16(24-27)18(21,22)23/h3-4,9-10,14H,5-8H2,1-2H3. The van der Waals surface area contributed by atoms with Crippen molar-refractivity contribution in [3.05, 3.63) is 33.9 Å². The molecule has 0 bridgehead atoms. The third kappa shape index (κ3) is 4.82.